The fourth-order valence-corrected chi connectivity index (χ4v) is 5.66. The number of likely N-dealkylation sites (N-methyl/N-ethyl adjacent to an activating group) is 1. The summed E-state index contributed by atoms with van der Waals surface area (Å²) in [4.78, 5) is 29.8. The summed E-state index contributed by atoms with van der Waals surface area (Å²) in [6.45, 7) is 2.38. The van der Waals surface area contributed by atoms with Gasteiger partial charge in [0.1, 0.15) is 12.2 Å². The maximum absolute atomic E-state index is 13.5. The van der Waals surface area contributed by atoms with E-state index >= 15 is 0 Å². The van der Waals surface area contributed by atoms with Crippen LogP contribution in [0.4, 0.5) is 5.69 Å². The Morgan fingerprint density at radius 3 is 2.56 bits per heavy atom. The van der Waals surface area contributed by atoms with E-state index in [2.05, 4.69) is 24.4 Å². The van der Waals surface area contributed by atoms with Crippen molar-refractivity contribution in [1.29, 1.82) is 0 Å². The molecular weight excluding hydrogens is 468 g/mol. The summed E-state index contributed by atoms with van der Waals surface area (Å²) >= 11 is 5.62. The molecule has 1 aliphatic heterocycles. The fraction of sp³-hybridized carbons (Fsp3) is 0.345. The molecule has 1 N–H and O–H groups in total. The second-order valence-corrected chi connectivity index (χ2v) is 9.99. The van der Waals surface area contributed by atoms with Crippen molar-refractivity contribution in [3.8, 4) is 0 Å². The zero-order chi connectivity index (χ0) is 25.2. The molecule has 7 heteroatoms. The van der Waals surface area contributed by atoms with Crippen LogP contribution in [0.5, 0.6) is 0 Å². The molecule has 1 saturated heterocycles. The molecule has 186 valence electrons. The molecular formula is C29H32N4O2S. The molecule has 5 rings (SSSR count). The minimum absolute atomic E-state index is 0.0365. The van der Waals surface area contributed by atoms with Gasteiger partial charge in [-0.05, 0) is 55.3 Å². The molecule has 0 unspecified atom stereocenters. The number of hydrogen-bond acceptors (Lipinski definition) is 3. The highest BCUT2D eigenvalue weighted by molar-refractivity contribution is 7.80. The summed E-state index contributed by atoms with van der Waals surface area (Å²) in [5.74, 6) is -0.120. The van der Waals surface area contributed by atoms with Gasteiger partial charge in [-0.1, -0.05) is 62.6 Å². The van der Waals surface area contributed by atoms with Gasteiger partial charge in [0, 0.05) is 30.2 Å². The minimum Gasteiger partial charge on any atom is -0.352 e. The molecule has 0 bridgehead atoms. The lowest BCUT2D eigenvalue weighted by molar-refractivity contribution is -0.122. The van der Waals surface area contributed by atoms with Crippen LogP contribution >= 0.6 is 12.2 Å². The monoisotopic (exact) mass is 500 g/mol. The molecule has 2 aliphatic rings. The van der Waals surface area contributed by atoms with Gasteiger partial charge in [0.2, 0.25) is 5.91 Å². The Kier molecular flexibility index (Phi) is 6.92. The molecule has 3 aromatic rings. The molecule has 0 radical (unpaired) electrons. The molecule has 1 saturated carbocycles. The molecule has 2 aromatic carbocycles. The van der Waals surface area contributed by atoms with Crippen LogP contribution in [0.15, 0.2) is 60.4 Å². The maximum Gasteiger partial charge on any atom is 0.281 e. The Balaban J connectivity index is 1.50. The van der Waals surface area contributed by atoms with E-state index in [1.165, 1.54) is 24.8 Å². The van der Waals surface area contributed by atoms with Gasteiger partial charge in [-0.3, -0.25) is 14.5 Å². The summed E-state index contributed by atoms with van der Waals surface area (Å²) in [7, 11) is 1.82. The number of nitrogens with zero attached hydrogens (tertiary/aromatic N) is 3. The Morgan fingerprint density at radius 2 is 1.83 bits per heavy atom. The minimum atomic E-state index is -0.156. The van der Waals surface area contributed by atoms with Crippen LogP contribution in [-0.2, 0) is 22.6 Å². The van der Waals surface area contributed by atoms with Gasteiger partial charge in [-0.2, -0.15) is 0 Å². The second kappa shape index (κ2) is 10.3. The lowest BCUT2D eigenvalue weighted by Gasteiger charge is -2.23. The number of fused-ring (bicyclic) bond motifs is 1. The number of hydrogen-bond donors (Lipinski definition) is 1. The third-order valence-electron chi connectivity index (χ3n) is 7.25. The van der Waals surface area contributed by atoms with Crippen molar-refractivity contribution in [3.63, 3.8) is 0 Å². The normalized spacial score (nSPS) is 18.0. The molecule has 0 spiro atoms. The largest absolute Gasteiger partial charge is 0.352 e. The summed E-state index contributed by atoms with van der Waals surface area (Å²) < 4.78 is 2.03. The van der Waals surface area contributed by atoms with E-state index in [1.54, 1.807) is 9.80 Å². The van der Waals surface area contributed by atoms with Gasteiger partial charge in [-0.15, -0.1) is 0 Å². The van der Waals surface area contributed by atoms with Gasteiger partial charge in [0.15, 0.2) is 5.11 Å². The molecule has 0 atom stereocenters. The number of anilines is 1. The first-order chi connectivity index (χ1) is 17.5. The standard InChI is InChI=1S/C29H32N4O2S/c1-3-20-11-10-16-24-21(18-32(27(20)24)19-26(34)30-22-12-6-4-7-13-22)17-25-28(35)33(29(36)31(25)2)23-14-8-5-9-15-23/h5,8-11,14-18,22H,3-4,6-7,12-13,19H2,1-2H3,(H,30,34)/b25-17-. The molecule has 1 aromatic heterocycles. The Hall–Kier alpha value is -3.45. The van der Waals surface area contributed by atoms with Crippen molar-refractivity contribution < 1.29 is 9.59 Å². The molecule has 2 amide bonds. The van der Waals surface area contributed by atoms with Crippen molar-refractivity contribution >= 4 is 51.8 Å². The Bertz CT molecular complexity index is 1340. The van der Waals surface area contributed by atoms with Gasteiger partial charge in [0.25, 0.3) is 5.91 Å². The average molecular weight is 501 g/mol. The lowest BCUT2D eigenvalue weighted by atomic mass is 9.95. The van der Waals surface area contributed by atoms with E-state index in [-0.39, 0.29) is 24.4 Å². The number of rotatable bonds is 6. The van der Waals surface area contributed by atoms with Gasteiger partial charge in [0.05, 0.1) is 11.2 Å². The number of aromatic nitrogens is 1. The average Bonchev–Trinajstić information content (AvgIpc) is 3.34. The van der Waals surface area contributed by atoms with Crippen LogP contribution in [-0.4, -0.2) is 39.5 Å². The number of thiocarbonyl (C=S) groups is 1. The van der Waals surface area contributed by atoms with E-state index in [4.69, 9.17) is 12.2 Å². The second-order valence-electron chi connectivity index (χ2n) is 9.63. The first kappa shape index (κ1) is 24.3. The third-order valence-corrected chi connectivity index (χ3v) is 7.70. The summed E-state index contributed by atoms with van der Waals surface area (Å²) in [6.07, 6.45) is 10.5. The quantitative estimate of drug-likeness (QED) is 0.371. The van der Waals surface area contributed by atoms with E-state index in [1.807, 2.05) is 60.3 Å². The maximum atomic E-state index is 13.5. The van der Waals surface area contributed by atoms with Crippen molar-refractivity contribution in [1.82, 2.24) is 14.8 Å². The zero-order valence-electron chi connectivity index (χ0n) is 20.9. The highest BCUT2D eigenvalue weighted by atomic mass is 32.1. The van der Waals surface area contributed by atoms with Crippen molar-refractivity contribution in [3.05, 3.63) is 71.6 Å². The first-order valence-electron chi connectivity index (χ1n) is 12.8. The Labute approximate surface area is 217 Å². The zero-order valence-corrected chi connectivity index (χ0v) is 21.7. The van der Waals surface area contributed by atoms with Crippen LogP contribution in [0.25, 0.3) is 17.0 Å². The summed E-state index contributed by atoms with van der Waals surface area (Å²) in [6, 6.07) is 15.9. The van der Waals surface area contributed by atoms with Crippen LogP contribution in [0, 0.1) is 0 Å². The number of carbonyl (C=O) groups excluding carboxylic acids is 2. The Morgan fingerprint density at radius 1 is 1.08 bits per heavy atom. The number of aryl methyl sites for hydroxylation is 1. The van der Waals surface area contributed by atoms with E-state index < -0.39 is 0 Å². The molecule has 2 heterocycles. The predicted octanol–water partition coefficient (Wildman–Crippen LogP) is 5.26. The van der Waals surface area contributed by atoms with E-state index in [0.29, 0.717) is 10.8 Å². The van der Waals surface area contributed by atoms with Crippen LogP contribution < -0.4 is 10.2 Å². The van der Waals surface area contributed by atoms with Gasteiger partial charge in [-0.25, -0.2) is 0 Å². The number of nitrogens with one attached hydrogen (secondary N) is 1. The first-order valence-corrected chi connectivity index (χ1v) is 13.2. The number of amides is 2. The van der Waals surface area contributed by atoms with Crippen LogP contribution in [0.1, 0.15) is 50.2 Å². The fourth-order valence-electron chi connectivity index (χ4n) is 5.37. The smallest absolute Gasteiger partial charge is 0.281 e. The number of carbonyl (C=O) groups is 2. The number of para-hydroxylation sites is 2. The third kappa shape index (κ3) is 4.55. The van der Waals surface area contributed by atoms with Crippen LogP contribution in [0.3, 0.4) is 0 Å². The van der Waals surface area contributed by atoms with E-state index in [0.717, 1.165) is 41.4 Å². The highest BCUT2D eigenvalue weighted by Crippen LogP contribution is 2.31. The molecule has 2 fully saturated rings. The van der Waals surface area contributed by atoms with E-state index in [9.17, 15) is 9.59 Å². The van der Waals surface area contributed by atoms with Crippen molar-refractivity contribution in [2.75, 3.05) is 11.9 Å². The van der Waals surface area contributed by atoms with Crippen molar-refractivity contribution in [2.24, 2.45) is 0 Å². The lowest BCUT2D eigenvalue weighted by Crippen LogP contribution is -2.38. The molecule has 36 heavy (non-hydrogen) atoms. The van der Waals surface area contributed by atoms with Gasteiger partial charge < -0.3 is 14.8 Å². The highest BCUT2D eigenvalue weighted by Gasteiger charge is 2.37. The van der Waals surface area contributed by atoms with Crippen LogP contribution in [0.2, 0.25) is 0 Å². The topological polar surface area (TPSA) is 57.6 Å². The van der Waals surface area contributed by atoms with Crippen molar-refractivity contribution in [2.45, 2.75) is 58.0 Å². The summed E-state index contributed by atoms with van der Waals surface area (Å²) in [5.41, 5.74) is 4.38. The molecule has 6 nitrogen and oxygen atoms in total. The summed E-state index contributed by atoms with van der Waals surface area (Å²) in [5, 5.41) is 4.71. The SMILES string of the molecule is CCc1cccc2c(/C=C3/C(=O)N(c4ccccc4)C(=S)N3C)cn(CC(=O)NC3CCCCC3)c12. The predicted molar refractivity (Wildman–Crippen MR) is 149 cm³/mol. The number of benzene rings is 2. The molecule has 1 aliphatic carbocycles. The van der Waals surface area contributed by atoms with Gasteiger partial charge >= 0.3 is 0 Å².